The van der Waals surface area contributed by atoms with E-state index in [1.807, 2.05) is 67.6 Å². The lowest BCUT2D eigenvalue weighted by Gasteiger charge is -2.37. The van der Waals surface area contributed by atoms with Gasteiger partial charge in [0.15, 0.2) is 0 Å². The molecule has 6 atom stereocenters. The molecule has 202 valence electrons. The monoisotopic (exact) mass is 535 g/mol. The zero-order valence-corrected chi connectivity index (χ0v) is 22.9. The zero-order chi connectivity index (χ0) is 26.9. The number of carbonyl (C=O) groups excluding carboxylic acids is 3. The Bertz CT molecular complexity index is 1180. The van der Waals surface area contributed by atoms with Crippen LogP contribution in [-0.2, 0) is 27.3 Å². The smallest absolute Gasteiger partial charge is 0.244 e. The van der Waals surface area contributed by atoms with Crippen LogP contribution in [0.4, 0.5) is 0 Å². The summed E-state index contributed by atoms with van der Waals surface area (Å²) < 4.78 is -1.11. The van der Waals surface area contributed by atoms with Gasteiger partial charge in [-0.2, -0.15) is 0 Å². The van der Waals surface area contributed by atoms with Gasteiger partial charge in [0.2, 0.25) is 17.7 Å². The first-order chi connectivity index (χ1) is 18.3. The molecule has 0 aliphatic carbocycles. The third kappa shape index (κ3) is 4.51. The minimum Gasteiger partial charge on any atom is -0.394 e. The van der Waals surface area contributed by atoms with E-state index in [1.165, 1.54) is 0 Å². The Hall–Kier alpha value is -2.84. The molecule has 3 saturated heterocycles. The summed E-state index contributed by atoms with van der Waals surface area (Å²) in [6.45, 7) is 4.72. The Morgan fingerprint density at radius 2 is 1.68 bits per heavy atom. The van der Waals surface area contributed by atoms with Crippen LogP contribution in [-0.4, -0.2) is 62.5 Å². The Morgan fingerprint density at radius 1 is 1.03 bits per heavy atom. The summed E-state index contributed by atoms with van der Waals surface area (Å²) in [5, 5.41) is 16.7. The number of nitrogens with zero attached hydrogens (tertiary/aromatic N) is 1. The highest BCUT2D eigenvalue weighted by atomic mass is 32.2. The number of aliphatic hydroxyl groups is 1. The maximum absolute atomic E-state index is 14.3. The lowest BCUT2D eigenvalue weighted by molar-refractivity contribution is -0.143. The van der Waals surface area contributed by atoms with E-state index in [-0.39, 0.29) is 24.3 Å². The van der Waals surface area contributed by atoms with E-state index in [1.54, 1.807) is 16.7 Å². The summed E-state index contributed by atoms with van der Waals surface area (Å²) in [4.78, 5) is 43.4. The largest absolute Gasteiger partial charge is 0.394 e. The number of benzene rings is 2. The molecule has 2 unspecified atom stereocenters. The van der Waals surface area contributed by atoms with Crippen LogP contribution >= 0.6 is 11.8 Å². The number of hydrogen-bond donors (Lipinski definition) is 3. The fourth-order valence-corrected chi connectivity index (χ4v) is 9.18. The van der Waals surface area contributed by atoms with E-state index in [4.69, 9.17) is 0 Å². The van der Waals surface area contributed by atoms with E-state index in [0.717, 1.165) is 24.0 Å². The van der Waals surface area contributed by atoms with Crippen LogP contribution in [0.5, 0.6) is 0 Å². The fourth-order valence-electron chi connectivity index (χ4n) is 6.83. The molecule has 8 heteroatoms. The summed E-state index contributed by atoms with van der Waals surface area (Å²) >= 11 is 1.66. The predicted octanol–water partition coefficient (Wildman–Crippen LogP) is 2.91. The van der Waals surface area contributed by atoms with Crippen molar-refractivity contribution in [3.05, 3.63) is 71.8 Å². The average Bonchev–Trinajstić information content (AvgIpc) is 3.51. The third-order valence-electron chi connectivity index (χ3n) is 8.52. The number of amides is 3. The molecule has 2 bridgehead atoms. The molecule has 3 N–H and O–H groups in total. The maximum Gasteiger partial charge on any atom is 0.244 e. The maximum atomic E-state index is 14.3. The number of hydrogen-bond acceptors (Lipinski definition) is 5. The molecule has 3 amide bonds. The van der Waals surface area contributed by atoms with E-state index < -0.39 is 33.4 Å². The number of nitrogens with one attached hydrogen (secondary N) is 2. The number of thioether (sulfide) groups is 1. The van der Waals surface area contributed by atoms with Gasteiger partial charge in [-0.05, 0) is 43.7 Å². The second kappa shape index (κ2) is 10.7. The Kier molecular flexibility index (Phi) is 7.56. The zero-order valence-electron chi connectivity index (χ0n) is 22.1. The van der Waals surface area contributed by atoms with Gasteiger partial charge in [-0.25, -0.2) is 0 Å². The van der Waals surface area contributed by atoms with Gasteiger partial charge < -0.3 is 20.6 Å². The third-order valence-corrected chi connectivity index (χ3v) is 10.5. The molecule has 0 radical (unpaired) electrons. The molecule has 3 aliphatic rings. The summed E-state index contributed by atoms with van der Waals surface area (Å²) in [6, 6.07) is 18.1. The number of aliphatic hydroxyl groups excluding tert-OH is 1. The van der Waals surface area contributed by atoms with Crippen molar-refractivity contribution in [2.45, 2.75) is 67.7 Å². The van der Waals surface area contributed by atoms with Gasteiger partial charge in [0, 0.05) is 17.8 Å². The highest BCUT2D eigenvalue weighted by molar-refractivity contribution is 8.02. The highest BCUT2D eigenvalue weighted by Crippen LogP contribution is 2.71. The van der Waals surface area contributed by atoms with Crippen molar-refractivity contribution in [1.82, 2.24) is 15.5 Å². The Labute approximate surface area is 228 Å². The lowest BCUT2D eigenvalue weighted by Crippen LogP contribution is -2.56. The van der Waals surface area contributed by atoms with Crippen LogP contribution in [0.1, 0.15) is 44.2 Å². The van der Waals surface area contributed by atoms with Crippen LogP contribution in [0.3, 0.4) is 0 Å². The van der Waals surface area contributed by atoms with Crippen molar-refractivity contribution in [2.75, 3.05) is 13.2 Å². The topological polar surface area (TPSA) is 98.7 Å². The summed E-state index contributed by atoms with van der Waals surface area (Å²) in [5.74, 6) is -1.61. The SMILES string of the molecule is CCCNC(=O)[C@H]1[C@H]2C(=O)N([C@@H](CO)Cc3ccccc3)C(C(=O)NCc3ccccc3)C23CC[C@]1(C)S3. The molecule has 0 aromatic heterocycles. The van der Waals surface area contributed by atoms with Gasteiger partial charge in [0.1, 0.15) is 6.04 Å². The summed E-state index contributed by atoms with van der Waals surface area (Å²) in [7, 11) is 0. The van der Waals surface area contributed by atoms with Crippen LogP contribution in [0.2, 0.25) is 0 Å². The van der Waals surface area contributed by atoms with Crippen molar-refractivity contribution in [3.63, 3.8) is 0 Å². The number of carbonyl (C=O) groups is 3. The summed E-state index contributed by atoms with van der Waals surface area (Å²) in [5.41, 5.74) is 1.96. The highest BCUT2D eigenvalue weighted by Gasteiger charge is 2.77. The van der Waals surface area contributed by atoms with Gasteiger partial charge in [-0.15, -0.1) is 11.8 Å². The molecule has 1 spiro atoms. The van der Waals surface area contributed by atoms with E-state index >= 15 is 0 Å². The molecular weight excluding hydrogens is 498 g/mol. The van der Waals surface area contributed by atoms with Crippen molar-refractivity contribution in [1.29, 1.82) is 0 Å². The lowest BCUT2D eigenvalue weighted by atomic mass is 9.66. The molecule has 3 heterocycles. The van der Waals surface area contributed by atoms with Gasteiger partial charge in [-0.3, -0.25) is 14.4 Å². The molecule has 2 aromatic rings. The van der Waals surface area contributed by atoms with E-state index in [0.29, 0.717) is 25.9 Å². The molecule has 2 aromatic carbocycles. The number of fused-ring (bicyclic) bond motifs is 1. The van der Waals surface area contributed by atoms with Crippen LogP contribution in [0, 0.1) is 11.8 Å². The number of rotatable bonds is 10. The van der Waals surface area contributed by atoms with Gasteiger partial charge in [0.25, 0.3) is 0 Å². The first-order valence-corrected chi connectivity index (χ1v) is 14.4. The molecule has 0 saturated carbocycles. The first kappa shape index (κ1) is 26.8. The van der Waals surface area contributed by atoms with Gasteiger partial charge in [0.05, 0.1) is 29.2 Å². The van der Waals surface area contributed by atoms with Crippen molar-refractivity contribution < 1.29 is 19.5 Å². The van der Waals surface area contributed by atoms with Crippen molar-refractivity contribution >= 4 is 29.5 Å². The van der Waals surface area contributed by atoms with E-state index in [2.05, 4.69) is 17.6 Å². The molecular formula is C30H37N3O4S. The van der Waals surface area contributed by atoms with Crippen LogP contribution in [0.25, 0.3) is 0 Å². The van der Waals surface area contributed by atoms with Gasteiger partial charge >= 0.3 is 0 Å². The van der Waals surface area contributed by atoms with Crippen molar-refractivity contribution in [3.8, 4) is 0 Å². The predicted molar refractivity (Wildman–Crippen MR) is 148 cm³/mol. The van der Waals surface area contributed by atoms with Crippen LogP contribution in [0.15, 0.2) is 60.7 Å². The molecule has 3 fully saturated rings. The number of likely N-dealkylation sites (tertiary alicyclic amines) is 1. The minimum absolute atomic E-state index is 0.101. The standard InChI is InChI=1S/C30H37N3O4S/c1-3-16-31-26(35)23-24-28(37)33(22(19-34)17-20-10-6-4-7-11-20)25(30(24)15-14-29(23,2)38-30)27(36)32-18-21-12-8-5-9-13-21/h4-13,22-25,34H,3,14-19H2,1-2H3,(H,31,35)(H,32,36)/t22-,23-,24+,25?,29+,30?/m1/s1. The minimum atomic E-state index is -0.764. The quantitative estimate of drug-likeness (QED) is 0.435. The second-order valence-electron chi connectivity index (χ2n) is 11.0. The Morgan fingerprint density at radius 3 is 2.32 bits per heavy atom. The van der Waals surface area contributed by atoms with E-state index in [9.17, 15) is 19.5 Å². The van der Waals surface area contributed by atoms with Gasteiger partial charge in [-0.1, -0.05) is 67.6 Å². The molecule has 3 aliphatic heterocycles. The average molecular weight is 536 g/mol. The first-order valence-electron chi connectivity index (χ1n) is 13.6. The molecule has 7 nitrogen and oxygen atoms in total. The second-order valence-corrected chi connectivity index (χ2v) is 12.9. The normalized spacial score (nSPS) is 30.2. The Balaban J connectivity index is 1.51. The van der Waals surface area contributed by atoms with Crippen LogP contribution < -0.4 is 10.6 Å². The molecule has 5 rings (SSSR count). The molecule has 38 heavy (non-hydrogen) atoms. The summed E-state index contributed by atoms with van der Waals surface area (Å²) in [6.07, 6.45) is 2.70. The van der Waals surface area contributed by atoms with Crippen molar-refractivity contribution in [2.24, 2.45) is 11.8 Å². The fraction of sp³-hybridized carbons (Fsp3) is 0.500.